The number of pyridine rings is 1. The van der Waals surface area contributed by atoms with E-state index in [1.165, 1.54) is 0 Å². The molecule has 0 amide bonds. The fourth-order valence-electron chi connectivity index (χ4n) is 1.31. The first kappa shape index (κ1) is 10.5. The molecule has 1 aliphatic rings. The van der Waals surface area contributed by atoms with Gasteiger partial charge in [-0.2, -0.15) is 0 Å². The molecule has 1 aliphatic heterocycles. The van der Waals surface area contributed by atoms with Crippen molar-refractivity contribution in [3.8, 4) is 0 Å². The van der Waals surface area contributed by atoms with Gasteiger partial charge in [0.25, 0.3) is 0 Å². The molecule has 0 radical (unpaired) electrons. The van der Waals surface area contributed by atoms with Crippen molar-refractivity contribution in [3.05, 3.63) is 30.1 Å². The van der Waals surface area contributed by atoms with Crippen LogP contribution in [0, 0.1) is 0 Å². The van der Waals surface area contributed by atoms with E-state index < -0.39 is 5.24 Å². The molecule has 0 spiro atoms. The molecule has 1 fully saturated rings. The zero-order chi connectivity index (χ0) is 10.0. The Morgan fingerprint density at radius 3 is 2.86 bits per heavy atom. The number of rotatable bonds is 1. The van der Waals surface area contributed by atoms with E-state index >= 15 is 0 Å². The lowest BCUT2D eigenvalue weighted by Crippen LogP contribution is -2.11. The van der Waals surface area contributed by atoms with E-state index in [2.05, 4.69) is 4.98 Å². The van der Waals surface area contributed by atoms with Gasteiger partial charge in [0.2, 0.25) is 0 Å². The zero-order valence-corrected chi connectivity index (χ0v) is 10.4. The maximum atomic E-state index is 11.5. The van der Waals surface area contributed by atoms with E-state index in [0.29, 0.717) is 6.61 Å². The van der Waals surface area contributed by atoms with Gasteiger partial charge in [0, 0.05) is 18.8 Å². The molecule has 2 rings (SSSR count). The standard InChI is InChI=1S/C8H9INO3P/c9-14(11)12-6-3-8(13-14)7-1-4-10-5-2-7/h1-2,4-5,8H,3,6H2/t8-,14?/m0/s1. The summed E-state index contributed by atoms with van der Waals surface area (Å²) in [5, 5.41) is -2.86. The number of hydrogen-bond donors (Lipinski definition) is 0. The Bertz CT molecular complexity index is 359. The highest BCUT2D eigenvalue weighted by molar-refractivity contribution is 14.2. The third-order valence-corrected chi connectivity index (χ3v) is 4.47. The number of hydrogen-bond acceptors (Lipinski definition) is 4. The van der Waals surface area contributed by atoms with E-state index in [9.17, 15) is 4.57 Å². The Hall–Kier alpha value is 0.0300. The summed E-state index contributed by atoms with van der Waals surface area (Å²) in [5.74, 6) is 0. The van der Waals surface area contributed by atoms with Crippen LogP contribution in [0.25, 0.3) is 0 Å². The van der Waals surface area contributed by atoms with Crippen LogP contribution >= 0.6 is 27.3 Å². The highest BCUT2D eigenvalue weighted by atomic mass is 127. The highest BCUT2D eigenvalue weighted by Gasteiger charge is 2.31. The second kappa shape index (κ2) is 4.26. The first-order valence-corrected chi connectivity index (χ1v) is 8.53. The Morgan fingerprint density at radius 1 is 1.50 bits per heavy atom. The molecular weight excluding hydrogens is 316 g/mol. The lowest BCUT2D eigenvalue weighted by molar-refractivity contribution is 0.0945. The van der Waals surface area contributed by atoms with Crippen LogP contribution in [0.3, 0.4) is 0 Å². The van der Waals surface area contributed by atoms with Gasteiger partial charge in [0.15, 0.2) is 0 Å². The molecule has 0 bridgehead atoms. The molecule has 0 saturated carbocycles. The molecule has 0 N–H and O–H groups in total. The lowest BCUT2D eigenvalue weighted by Gasteiger charge is -2.26. The third-order valence-electron chi connectivity index (χ3n) is 1.96. The van der Waals surface area contributed by atoms with Crippen LogP contribution in [0.15, 0.2) is 24.5 Å². The van der Waals surface area contributed by atoms with E-state index in [1.54, 1.807) is 34.4 Å². The second-order valence-electron chi connectivity index (χ2n) is 2.93. The van der Waals surface area contributed by atoms with Gasteiger partial charge in [-0.25, -0.2) is 4.57 Å². The number of aromatic nitrogens is 1. The van der Waals surface area contributed by atoms with E-state index in [-0.39, 0.29) is 6.10 Å². The van der Waals surface area contributed by atoms with Crippen molar-refractivity contribution >= 4 is 27.3 Å². The minimum Gasteiger partial charge on any atom is -0.301 e. The van der Waals surface area contributed by atoms with Crippen LogP contribution in [0.1, 0.15) is 18.1 Å². The molecule has 4 nitrogen and oxygen atoms in total. The second-order valence-corrected chi connectivity index (χ2v) is 7.80. The molecule has 1 saturated heterocycles. The summed E-state index contributed by atoms with van der Waals surface area (Å²) < 4.78 is 21.9. The van der Waals surface area contributed by atoms with Crippen LogP contribution in [0.4, 0.5) is 0 Å². The summed E-state index contributed by atoms with van der Waals surface area (Å²) in [6.07, 6.45) is 4.00. The molecular formula is C8H9INO3P. The average molecular weight is 325 g/mol. The number of nitrogens with zero attached hydrogens (tertiary/aromatic N) is 1. The lowest BCUT2D eigenvalue weighted by atomic mass is 10.1. The maximum absolute atomic E-state index is 11.5. The Balaban J connectivity index is 2.16. The first-order valence-electron chi connectivity index (χ1n) is 4.20. The predicted molar refractivity (Wildman–Crippen MR) is 60.3 cm³/mol. The molecule has 0 aromatic carbocycles. The Labute approximate surface area is 95.0 Å². The largest absolute Gasteiger partial charge is 0.389 e. The van der Waals surface area contributed by atoms with E-state index in [4.69, 9.17) is 9.05 Å². The zero-order valence-electron chi connectivity index (χ0n) is 7.30. The van der Waals surface area contributed by atoms with Gasteiger partial charge >= 0.3 is 5.24 Å². The maximum Gasteiger partial charge on any atom is 0.389 e. The van der Waals surface area contributed by atoms with Crippen molar-refractivity contribution in [3.63, 3.8) is 0 Å². The van der Waals surface area contributed by atoms with Crippen molar-refractivity contribution in [1.82, 2.24) is 4.98 Å². The van der Waals surface area contributed by atoms with Gasteiger partial charge in [-0.3, -0.25) is 9.51 Å². The van der Waals surface area contributed by atoms with Gasteiger partial charge < -0.3 is 4.52 Å². The van der Waals surface area contributed by atoms with Crippen LogP contribution in [-0.2, 0) is 13.6 Å². The first-order chi connectivity index (χ1) is 6.67. The summed E-state index contributed by atoms with van der Waals surface area (Å²) >= 11 is 1.73. The van der Waals surface area contributed by atoms with E-state index in [0.717, 1.165) is 12.0 Å². The molecule has 1 aromatic rings. The average Bonchev–Trinajstić information content (AvgIpc) is 2.18. The normalized spacial score (nSPS) is 32.8. The van der Waals surface area contributed by atoms with Crippen LogP contribution in [0.5, 0.6) is 0 Å². The van der Waals surface area contributed by atoms with Gasteiger partial charge in [-0.15, -0.1) is 0 Å². The number of halogens is 1. The van der Waals surface area contributed by atoms with Gasteiger partial charge in [-0.05, 0) is 17.7 Å². The van der Waals surface area contributed by atoms with Crippen molar-refractivity contribution in [2.24, 2.45) is 0 Å². The van der Waals surface area contributed by atoms with E-state index in [1.807, 2.05) is 12.1 Å². The quantitative estimate of drug-likeness (QED) is 0.588. The molecule has 1 aromatic heterocycles. The van der Waals surface area contributed by atoms with Gasteiger partial charge in [0.05, 0.1) is 34.8 Å². The summed E-state index contributed by atoms with van der Waals surface area (Å²) in [6.45, 7) is 0.479. The molecule has 2 atom stereocenters. The van der Waals surface area contributed by atoms with Gasteiger partial charge in [-0.1, -0.05) is 0 Å². The van der Waals surface area contributed by atoms with Crippen LogP contribution < -0.4 is 0 Å². The summed E-state index contributed by atoms with van der Waals surface area (Å²) in [7, 11) is 0. The molecule has 14 heavy (non-hydrogen) atoms. The van der Waals surface area contributed by atoms with Crippen molar-refractivity contribution < 1.29 is 13.6 Å². The predicted octanol–water partition coefficient (Wildman–Crippen LogP) is 3.10. The fraction of sp³-hybridized carbons (Fsp3) is 0.375. The minimum atomic E-state index is -2.86. The Kier molecular flexibility index (Phi) is 3.21. The molecule has 0 aliphatic carbocycles. The molecule has 2 heterocycles. The molecule has 1 unspecified atom stereocenters. The molecule has 76 valence electrons. The Morgan fingerprint density at radius 2 is 2.21 bits per heavy atom. The SMILES string of the molecule is O=P1(I)OCC[C@@H](c2ccncc2)O1. The monoisotopic (exact) mass is 325 g/mol. The summed E-state index contributed by atoms with van der Waals surface area (Å²) in [6, 6.07) is 3.74. The molecule has 6 heteroatoms. The smallest absolute Gasteiger partial charge is 0.301 e. The van der Waals surface area contributed by atoms with Crippen molar-refractivity contribution in [2.45, 2.75) is 12.5 Å². The van der Waals surface area contributed by atoms with Crippen LogP contribution in [-0.4, -0.2) is 11.6 Å². The summed E-state index contributed by atoms with van der Waals surface area (Å²) in [4.78, 5) is 3.92. The highest BCUT2D eigenvalue weighted by Crippen LogP contribution is 2.62. The topological polar surface area (TPSA) is 48.4 Å². The fourth-order valence-corrected chi connectivity index (χ4v) is 3.64. The van der Waals surface area contributed by atoms with Crippen LogP contribution in [0.2, 0.25) is 0 Å². The minimum absolute atomic E-state index is 0.130. The third kappa shape index (κ3) is 2.53. The van der Waals surface area contributed by atoms with Gasteiger partial charge in [0.1, 0.15) is 0 Å². The summed E-state index contributed by atoms with van der Waals surface area (Å²) in [5.41, 5.74) is 1.00. The van der Waals surface area contributed by atoms with Crippen molar-refractivity contribution in [2.75, 3.05) is 6.61 Å². The van der Waals surface area contributed by atoms with Crippen molar-refractivity contribution in [1.29, 1.82) is 0 Å².